The van der Waals surface area contributed by atoms with E-state index in [1.807, 2.05) is 6.92 Å². The SMILES string of the molecule is CCN1C(=O)CC(NC2CC2C)C1=O. The summed E-state index contributed by atoms with van der Waals surface area (Å²) in [6.07, 6.45) is 1.47. The highest BCUT2D eigenvalue weighted by Gasteiger charge is 2.42. The van der Waals surface area contributed by atoms with Crippen molar-refractivity contribution >= 4 is 11.8 Å². The second-order valence-electron chi connectivity index (χ2n) is 4.22. The van der Waals surface area contributed by atoms with Crippen LogP contribution in [0.5, 0.6) is 0 Å². The summed E-state index contributed by atoms with van der Waals surface area (Å²) in [5.74, 6) is 0.577. The number of nitrogens with one attached hydrogen (secondary N) is 1. The van der Waals surface area contributed by atoms with Crippen LogP contribution in [0.4, 0.5) is 0 Å². The number of hydrogen-bond acceptors (Lipinski definition) is 3. The van der Waals surface area contributed by atoms with Gasteiger partial charge in [-0.15, -0.1) is 0 Å². The molecule has 2 rings (SSSR count). The molecule has 0 spiro atoms. The Morgan fingerprint density at radius 3 is 2.57 bits per heavy atom. The van der Waals surface area contributed by atoms with Crippen LogP contribution in [0.25, 0.3) is 0 Å². The summed E-state index contributed by atoms with van der Waals surface area (Å²) >= 11 is 0. The first-order valence-electron chi connectivity index (χ1n) is 5.23. The van der Waals surface area contributed by atoms with E-state index in [4.69, 9.17) is 0 Å². The lowest BCUT2D eigenvalue weighted by Crippen LogP contribution is -2.40. The van der Waals surface area contributed by atoms with Gasteiger partial charge in [0.15, 0.2) is 0 Å². The van der Waals surface area contributed by atoms with E-state index >= 15 is 0 Å². The van der Waals surface area contributed by atoms with Crippen LogP contribution in [-0.2, 0) is 9.59 Å². The molecule has 1 aliphatic heterocycles. The predicted octanol–water partition coefficient (Wildman–Crippen LogP) is 0.132. The van der Waals surface area contributed by atoms with Gasteiger partial charge in [0.05, 0.1) is 12.5 Å². The number of amides is 2. The maximum absolute atomic E-state index is 11.7. The average molecular weight is 196 g/mol. The fourth-order valence-corrected chi connectivity index (χ4v) is 1.96. The molecule has 1 heterocycles. The summed E-state index contributed by atoms with van der Waals surface area (Å²) < 4.78 is 0. The quantitative estimate of drug-likeness (QED) is 0.653. The van der Waals surface area contributed by atoms with Crippen LogP contribution in [0.3, 0.4) is 0 Å². The topological polar surface area (TPSA) is 49.4 Å². The molecule has 14 heavy (non-hydrogen) atoms. The third-order valence-electron chi connectivity index (χ3n) is 3.08. The van der Waals surface area contributed by atoms with E-state index in [9.17, 15) is 9.59 Å². The van der Waals surface area contributed by atoms with Gasteiger partial charge in [-0.3, -0.25) is 14.5 Å². The Hall–Kier alpha value is -0.900. The zero-order valence-corrected chi connectivity index (χ0v) is 8.62. The molecule has 0 bridgehead atoms. The molecule has 78 valence electrons. The van der Waals surface area contributed by atoms with Crippen LogP contribution < -0.4 is 5.32 Å². The highest BCUT2D eigenvalue weighted by Crippen LogP contribution is 2.30. The Morgan fingerprint density at radius 1 is 1.50 bits per heavy atom. The zero-order valence-electron chi connectivity index (χ0n) is 8.62. The van der Waals surface area contributed by atoms with Crippen molar-refractivity contribution in [1.29, 1.82) is 0 Å². The van der Waals surface area contributed by atoms with E-state index in [1.165, 1.54) is 4.90 Å². The van der Waals surface area contributed by atoms with Crippen LogP contribution in [0.2, 0.25) is 0 Å². The summed E-state index contributed by atoms with van der Waals surface area (Å²) in [6.45, 7) is 4.48. The van der Waals surface area contributed by atoms with E-state index in [0.717, 1.165) is 6.42 Å². The number of nitrogens with zero attached hydrogens (tertiary/aromatic N) is 1. The Balaban J connectivity index is 1.95. The minimum Gasteiger partial charge on any atom is -0.302 e. The van der Waals surface area contributed by atoms with Crippen molar-refractivity contribution in [2.45, 2.75) is 38.8 Å². The molecule has 2 aliphatic rings. The van der Waals surface area contributed by atoms with Crippen LogP contribution in [-0.4, -0.2) is 35.3 Å². The molecule has 2 fully saturated rings. The highest BCUT2D eigenvalue weighted by molar-refractivity contribution is 6.05. The fourth-order valence-electron chi connectivity index (χ4n) is 1.96. The van der Waals surface area contributed by atoms with Gasteiger partial charge in [0.25, 0.3) is 0 Å². The molecule has 0 radical (unpaired) electrons. The number of hydrogen-bond donors (Lipinski definition) is 1. The number of imide groups is 1. The van der Waals surface area contributed by atoms with Gasteiger partial charge in [0.2, 0.25) is 11.8 Å². The number of carbonyl (C=O) groups is 2. The first-order valence-corrected chi connectivity index (χ1v) is 5.23. The molecule has 1 saturated heterocycles. The summed E-state index contributed by atoms with van der Waals surface area (Å²) in [7, 11) is 0. The lowest BCUT2D eigenvalue weighted by atomic mass is 10.2. The van der Waals surface area contributed by atoms with Crippen molar-refractivity contribution in [3.05, 3.63) is 0 Å². The molecule has 1 saturated carbocycles. The van der Waals surface area contributed by atoms with Gasteiger partial charge in [-0.1, -0.05) is 6.92 Å². The van der Waals surface area contributed by atoms with Gasteiger partial charge in [-0.25, -0.2) is 0 Å². The average Bonchev–Trinajstić information content (AvgIpc) is 2.73. The summed E-state index contributed by atoms with van der Waals surface area (Å²) in [5.41, 5.74) is 0. The molecular formula is C10H16N2O2. The standard InChI is InChI=1S/C10H16N2O2/c1-3-12-9(13)5-8(10(12)14)11-7-4-6(7)2/h6-8,11H,3-5H2,1-2H3. The molecule has 1 N–H and O–H groups in total. The lowest BCUT2D eigenvalue weighted by Gasteiger charge is -2.12. The van der Waals surface area contributed by atoms with Gasteiger partial charge >= 0.3 is 0 Å². The Morgan fingerprint density at radius 2 is 2.14 bits per heavy atom. The Bertz CT molecular complexity index is 277. The monoisotopic (exact) mass is 196 g/mol. The first-order chi connectivity index (χ1) is 6.63. The molecule has 0 aromatic heterocycles. The third-order valence-corrected chi connectivity index (χ3v) is 3.08. The molecule has 3 unspecified atom stereocenters. The van der Waals surface area contributed by atoms with E-state index in [1.54, 1.807) is 0 Å². The Kier molecular flexibility index (Phi) is 2.31. The van der Waals surface area contributed by atoms with Crippen molar-refractivity contribution in [3.8, 4) is 0 Å². The summed E-state index contributed by atoms with van der Waals surface area (Å²) in [4.78, 5) is 24.4. The van der Waals surface area contributed by atoms with Crippen molar-refractivity contribution in [2.24, 2.45) is 5.92 Å². The molecular weight excluding hydrogens is 180 g/mol. The first kappa shape index (κ1) is 9.65. The van der Waals surface area contributed by atoms with Crippen LogP contribution in [0.1, 0.15) is 26.7 Å². The van der Waals surface area contributed by atoms with Gasteiger partial charge < -0.3 is 5.32 Å². The maximum atomic E-state index is 11.7. The molecule has 3 atom stereocenters. The highest BCUT2D eigenvalue weighted by atomic mass is 16.2. The van der Waals surface area contributed by atoms with Crippen molar-refractivity contribution in [1.82, 2.24) is 10.2 Å². The van der Waals surface area contributed by atoms with Crippen LogP contribution in [0.15, 0.2) is 0 Å². The zero-order chi connectivity index (χ0) is 10.3. The second kappa shape index (κ2) is 3.35. The third kappa shape index (κ3) is 1.54. The van der Waals surface area contributed by atoms with Crippen LogP contribution >= 0.6 is 0 Å². The van der Waals surface area contributed by atoms with E-state index < -0.39 is 0 Å². The second-order valence-corrected chi connectivity index (χ2v) is 4.22. The molecule has 2 amide bonds. The van der Waals surface area contributed by atoms with Crippen molar-refractivity contribution < 1.29 is 9.59 Å². The van der Waals surface area contributed by atoms with E-state index in [0.29, 0.717) is 24.9 Å². The molecule has 1 aliphatic carbocycles. The minimum atomic E-state index is -0.252. The van der Waals surface area contributed by atoms with Crippen molar-refractivity contribution in [3.63, 3.8) is 0 Å². The maximum Gasteiger partial charge on any atom is 0.246 e. The van der Waals surface area contributed by atoms with E-state index in [2.05, 4.69) is 12.2 Å². The fraction of sp³-hybridized carbons (Fsp3) is 0.800. The lowest BCUT2D eigenvalue weighted by molar-refractivity contribution is -0.138. The summed E-state index contributed by atoms with van der Waals surface area (Å²) in [6, 6.07) is 0.200. The number of rotatable bonds is 3. The predicted molar refractivity (Wildman–Crippen MR) is 51.5 cm³/mol. The van der Waals surface area contributed by atoms with Crippen LogP contribution in [0, 0.1) is 5.92 Å². The van der Waals surface area contributed by atoms with Gasteiger partial charge in [0.1, 0.15) is 0 Å². The van der Waals surface area contributed by atoms with Crippen molar-refractivity contribution in [2.75, 3.05) is 6.54 Å². The normalized spacial score (nSPS) is 36.7. The smallest absolute Gasteiger partial charge is 0.246 e. The molecule has 4 heteroatoms. The van der Waals surface area contributed by atoms with Gasteiger partial charge in [-0.05, 0) is 19.3 Å². The van der Waals surface area contributed by atoms with Gasteiger partial charge in [0, 0.05) is 12.6 Å². The molecule has 0 aromatic rings. The summed E-state index contributed by atoms with van der Waals surface area (Å²) in [5, 5.41) is 3.24. The minimum absolute atomic E-state index is 0.0386. The number of carbonyl (C=O) groups excluding carboxylic acids is 2. The number of likely N-dealkylation sites (tertiary alicyclic amines) is 1. The number of likely N-dealkylation sites (N-methyl/N-ethyl adjacent to an activating group) is 1. The van der Waals surface area contributed by atoms with E-state index in [-0.39, 0.29) is 17.9 Å². The largest absolute Gasteiger partial charge is 0.302 e. The molecule has 0 aromatic carbocycles. The molecule has 4 nitrogen and oxygen atoms in total. The van der Waals surface area contributed by atoms with Gasteiger partial charge in [-0.2, -0.15) is 0 Å². The Labute approximate surface area is 83.6 Å².